The number of benzene rings is 3. The van der Waals surface area contributed by atoms with Crippen molar-refractivity contribution in [2.24, 2.45) is 4.99 Å². The zero-order valence-electron chi connectivity index (χ0n) is 18.7. The SMILES string of the molecule is COc1ccc(-c2oc(N=Cc3ccc([N+](=O)[O-])cc3Br)c(C#N)c2-c2ccc(OC)cc2)cc1. The number of methoxy groups -OCH3 is 2. The molecule has 3 aromatic carbocycles. The lowest BCUT2D eigenvalue weighted by Crippen LogP contribution is -1.90. The van der Waals surface area contributed by atoms with Crippen molar-refractivity contribution in [2.45, 2.75) is 0 Å². The van der Waals surface area contributed by atoms with Gasteiger partial charge in [-0.05, 0) is 64.0 Å². The zero-order chi connectivity index (χ0) is 24.9. The Hall–Kier alpha value is -4.42. The normalized spacial score (nSPS) is 10.8. The summed E-state index contributed by atoms with van der Waals surface area (Å²) < 4.78 is 17.1. The molecule has 35 heavy (non-hydrogen) atoms. The van der Waals surface area contributed by atoms with E-state index < -0.39 is 4.92 Å². The maximum atomic E-state index is 11.0. The summed E-state index contributed by atoms with van der Waals surface area (Å²) in [6.45, 7) is 0. The molecule has 4 aromatic rings. The fourth-order valence-corrected chi connectivity index (χ4v) is 3.92. The standard InChI is InChI=1S/C26H18BrN3O5/c1-33-20-9-4-16(5-10-20)24-22(14-28)26(35-25(24)17-6-11-21(34-2)12-7-17)29-15-18-3-8-19(30(31)32)13-23(18)27/h3-13,15H,1-2H3. The second-order valence-electron chi connectivity index (χ2n) is 7.28. The van der Waals surface area contributed by atoms with E-state index in [0.717, 1.165) is 11.1 Å². The summed E-state index contributed by atoms with van der Waals surface area (Å²) in [7, 11) is 3.17. The van der Waals surface area contributed by atoms with Crippen LogP contribution < -0.4 is 9.47 Å². The van der Waals surface area contributed by atoms with Crippen molar-refractivity contribution in [3.8, 4) is 40.0 Å². The minimum Gasteiger partial charge on any atom is -0.497 e. The third kappa shape index (κ3) is 4.93. The molecule has 0 saturated heterocycles. The number of rotatable bonds is 7. The first-order chi connectivity index (χ1) is 16.9. The number of non-ortho nitro benzene ring substituents is 1. The Morgan fingerprint density at radius 2 is 1.60 bits per heavy atom. The summed E-state index contributed by atoms with van der Waals surface area (Å²) in [4.78, 5) is 14.9. The van der Waals surface area contributed by atoms with E-state index in [1.165, 1.54) is 18.3 Å². The van der Waals surface area contributed by atoms with Crippen LogP contribution in [0.3, 0.4) is 0 Å². The second kappa shape index (κ2) is 10.2. The van der Waals surface area contributed by atoms with Gasteiger partial charge in [0.15, 0.2) is 0 Å². The van der Waals surface area contributed by atoms with Crippen molar-refractivity contribution in [1.82, 2.24) is 0 Å². The average molecular weight is 532 g/mol. The van der Waals surface area contributed by atoms with Gasteiger partial charge in [-0.15, -0.1) is 0 Å². The molecule has 174 valence electrons. The maximum absolute atomic E-state index is 11.0. The van der Waals surface area contributed by atoms with Gasteiger partial charge in [-0.2, -0.15) is 5.26 Å². The second-order valence-corrected chi connectivity index (χ2v) is 8.13. The third-order valence-electron chi connectivity index (χ3n) is 5.25. The van der Waals surface area contributed by atoms with Crippen LogP contribution in [0.25, 0.3) is 22.5 Å². The fraction of sp³-hybridized carbons (Fsp3) is 0.0769. The summed E-state index contributed by atoms with van der Waals surface area (Å²) in [5.74, 6) is 1.97. The maximum Gasteiger partial charge on any atom is 0.270 e. The minimum absolute atomic E-state index is 0.0479. The van der Waals surface area contributed by atoms with E-state index in [1.54, 1.807) is 44.6 Å². The molecule has 8 nitrogen and oxygen atoms in total. The van der Waals surface area contributed by atoms with E-state index >= 15 is 0 Å². The summed E-state index contributed by atoms with van der Waals surface area (Å²) in [5.41, 5.74) is 2.90. The van der Waals surface area contributed by atoms with Crippen LogP contribution in [0.5, 0.6) is 11.5 Å². The van der Waals surface area contributed by atoms with Crippen LogP contribution in [-0.2, 0) is 0 Å². The Labute approximate surface area is 209 Å². The monoisotopic (exact) mass is 531 g/mol. The number of nitro benzene ring substituents is 1. The first kappa shape index (κ1) is 23.7. The lowest BCUT2D eigenvalue weighted by Gasteiger charge is -2.06. The molecule has 0 N–H and O–H groups in total. The van der Waals surface area contributed by atoms with Gasteiger partial charge in [0.2, 0.25) is 5.88 Å². The molecule has 0 aliphatic heterocycles. The molecule has 0 saturated carbocycles. The molecule has 0 atom stereocenters. The molecular formula is C26H18BrN3O5. The highest BCUT2D eigenvalue weighted by Gasteiger charge is 2.23. The molecule has 0 aliphatic carbocycles. The van der Waals surface area contributed by atoms with Crippen LogP contribution in [0, 0.1) is 21.4 Å². The van der Waals surface area contributed by atoms with Crippen molar-refractivity contribution in [2.75, 3.05) is 14.2 Å². The first-order valence-corrected chi connectivity index (χ1v) is 11.1. The van der Waals surface area contributed by atoms with Gasteiger partial charge in [-0.3, -0.25) is 10.1 Å². The number of aliphatic imine (C=N–C) groups is 1. The minimum atomic E-state index is -0.478. The first-order valence-electron chi connectivity index (χ1n) is 10.3. The summed E-state index contributed by atoms with van der Waals surface area (Å²) >= 11 is 3.33. The Balaban J connectivity index is 1.85. The van der Waals surface area contributed by atoms with Crippen LogP contribution in [0.2, 0.25) is 0 Å². The molecule has 0 spiro atoms. The molecule has 0 bridgehead atoms. The molecule has 4 rings (SSSR count). The predicted octanol–water partition coefficient (Wildman–Crippen LogP) is 6.92. The zero-order valence-corrected chi connectivity index (χ0v) is 20.3. The van der Waals surface area contributed by atoms with E-state index in [1.807, 2.05) is 24.3 Å². The number of nitrogens with zero attached hydrogens (tertiary/aromatic N) is 3. The average Bonchev–Trinajstić information content (AvgIpc) is 3.26. The van der Waals surface area contributed by atoms with Gasteiger partial charge >= 0.3 is 0 Å². The Morgan fingerprint density at radius 1 is 1.00 bits per heavy atom. The van der Waals surface area contributed by atoms with Crippen LogP contribution >= 0.6 is 15.9 Å². The molecule has 1 aromatic heterocycles. The van der Waals surface area contributed by atoms with Crippen LogP contribution in [-0.4, -0.2) is 25.4 Å². The van der Waals surface area contributed by atoms with E-state index in [0.29, 0.717) is 32.9 Å². The van der Waals surface area contributed by atoms with E-state index in [-0.39, 0.29) is 17.1 Å². The van der Waals surface area contributed by atoms with Crippen LogP contribution in [0.4, 0.5) is 11.6 Å². The molecule has 0 amide bonds. The van der Waals surface area contributed by atoms with Crippen molar-refractivity contribution in [1.29, 1.82) is 5.26 Å². The predicted molar refractivity (Wildman–Crippen MR) is 135 cm³/mol. The van der Waals surface area contributed by atoms with E-state index in [4.69, 9.17) is 13.9 Å². The molecule has 1 heterocycles. The third-order valence-corrected chi connectivity index (χ3v) is 5.93. The highest BCUT2D eigenvalue weighted by atomic mass is 79.9. The smallest absolute Gasteiger partial charge is 0.270 e. The van der Waals surface area contributed by atoms with Gasteiger partial charge in [-0.25, -0.2) is 4.99 Å². The number of halogens is 1. The van der Waals surface area contributed by atoms with Crippen LogP contribution in [0.15, 0.2) is 80.6 Å². The number of nitriles is 1. The summed E-state index contributed by atoms with van der Waals surface area (Å²) in [6.07, 6.45) is 1.49. The summed E-state index contributed by atoms with van der Waals surface area (Å²) in [5, 5.41) is 21.0. The Kier molecular flexibility index (Phi) is 6.94. The number of hydrogen-bond donors (Lipinski definition) is 0. The Morgan fingerprint density at radius 3 is 2.11 bits per heavy atom. The quantitative estimate of drug-likeness (QED) is 0.145. The molecule has 0 fully saturated rings. The number of furan rings is 1. The largest absolute Gasteiger partial charge is 0.497 e. The number of nitro groups is 1. The van der Waals surface area contributed by atoms with Crippen molar-refractivity contribution in [3.63, 3.8) is 0 Å². The van der Waals surface area contributed by atoms with E-state index in [2.05, 4.69) is 27.0 Å². The van der Waals surface area contributed by atoms with Gasteiger partial charge in [0.1, 0.15) is 28.9 Å². The number of ether oxygens (including phenoxy) is 2. The van der Waals surface area contributed by atoms with E-state index in [9.17, 15) is 15.4 Å². The lowest BCUT2D eigenvalue weighted by molar-refractivity contribution is -0.384. The van der Waals surface area contributed by atoms with Crippen molar-refractivity contribution < 1.29 is 18.8 Å². The number of hydrogen-bond acceptors (Lipinski definition) is 7. The highest BCUT2D eigenvalue weighted by molar-refractivity contribution is 9.10. The molecule has 0 radical (unpaired) electrons. The van der Waals surface area contributed by atoms with Gasteiger partial charge in [0, 0.05) is 39.5 Å². The topological polar surface area (TPSA) is 111 Å². The molecule has 9 heteroatoms. The molecule has 0 aliphatic rings. The highest BCUT2D eigenvalue weighted by Crippen LogP contribution is 2.43. The van der Waals surface area contributed by atoms with Crippen molar-refractivity contribution in [3.05, 3.63) is 92.4 Å². The fourth-order valence-electron chi connectivity index (χ4n) is 3.46. The Bertz CT molecular complexity index is 1450. The van der Waals surface area contributed by atoms with Gasteiger partial charge < -0.3 is 13.9 Å². The lowest BCUT2D eigenvalue weighted by atomic mass is 9.98. The van der Waals surface area contributed by atoms with Crippen LogP contribution in [0.1, 0.15) is 11.1 Å². The molecular weight excluding hydrogens is 514 g/mol. The van der Waals surface area contributed by atoms with Gasteiger partial charge in [-0.1, -0.05) is 12.1 Å². The van der Waals surface area contributed by atoms with Gasteiger partial charge in [0.25, 0.3) is 5.69 Å². The summed E-state index contributed by atoms with van der Waals surface area (Å²) in [6, 6.07) is 21.1. The van der Waals surface area contributed by atoms with Crippen molar-refractivity contribution >= 4 is 33.7 Å². The van der Waals surface area contributed by atoms with Gasteiger partial charge in [0.05, 0.1) is 19.1 Å². The molecule has 0 unspecified atom stereocenters.